The summed E-state index contributed by atoms with van der Waals surface area (Å²) in [6.45, 7) is 4.11. The lowest BCUT2D eigenvalue weighted by Crippen LogP contribution is -2.46. The van der Waals surface area contributed by atoms with Gasteiger partial charge in [-0.15, -0.1) is 11.3 Å². The van der Waals surface area contributed by atoms with Gasteiger partial charge in [-0.05, 0) is 73.7 Å². The van der Waals surface area contributed by atoms with Gasteiger partial charge in [0, 0.05) is 23.0 Å². The Morgan fingerprint density at radius 2 is 1.66 bits per heavy atom. The van der Waals surface area contributed by atoms with Crippen molar-refractivity contribution in [3.8, 4) is 11.5 Å². The van der Waals surface area contributed by atoms with Crippen molar-refractivity contribution in [2.75, 3.05) is 27.3 Å². The summed E-state index contributed by atoms with van der Waals surface area (Å²) in [5, 5.41) is 1.93. The van der Waals surface area contributed by atoms with E-state index in [1.807, 2.05) is 35.7 Å². The molecule has 0 bridgehead atoms. The molecule has 0 saturated heterocycles. The van der Waals surface area contributed by atoms with Crippen LogP contribution in [0.4, 0.5) is 13.2 Å². The Morgan fingerprint density at radius 1 is 0.974 bits per heavy atom. The molecule has 3 rings (SSSR count). The molecule has 0 unspecified atom stereocenters. The smallest absolute Gasteiger partial charge is 0.416 e. The second-order valence-corrected chi connectivity index (χ2v) is 9.97. The van der Waals surface area contributed by atoms with Gasteiger partial charge in [0.05, 0.1) is 26.3 Å². The van der Waals surface area contributed by atoms with E-state index in [0.29, 0.717) is 31.0 Å². The largest absolute Gasteiger partial charge is 0.493 e. The van der Waals surface area contributed by atoms with Crippen LogP contribution in [0.15, 0.2) is 60.0 Å². The zero-order valence-corrected chi connectivity index (χ0v) is 22.6. The van der Waals surface area contributed by atoms with E-state index in [-0.39, 0.29) is 24.1 Å². The van der Waals surface area contributed by atoms with Crippen molar-refractivity contribution in [1.82, 2.24) is 9.80 Å². The molecule has 0 atom stereocenters. The third-order valence-corrected chi connectivity index (χ3v) is 6.91. The summed E-state index contributed by atoms with van der Waals surface area (Å²) < 4.78 is 49.5. The van der Waals surface area contributed by atoms with Crippen LogP contribution in [-0.4, -0.2) is 55.0 Å². The summed E-state index contributed by atoms with van der Waals surface area (Å²) in [5.74, 6) is 0.442. The molecule has 204 valence electrons. The van der Waals surface area contributed by atoms with E-state index in [2.05, 4.69) is 0 Å². The molecule has 2 aromatic carbocycles. The third-order valence-electron chi connectivity index (χ3n) is 6.05. The molecule has 38 heavy (non-hydrogen) atoms. The van der Waals surface area contributed by atoms with Crippen LogP contribution in [0.5, 0.6) is 11.5 Å². The minimum atomic E-state index is -4.49. The number of thiophene rings is 1. The van der Waals surface area contributed by atoms with E-state index < -0.39 is 17.6 Å². The number of benzene rings is 2. The van der Waals surface area contributed by atoms with Crippen molar-refractivity contribution >= 4 is 23.2 Å². The molecule has 6 nitrogen and oxygen atoms in total. The minimum absolute atomic E-state index is 0.0923. The van der Waals surface area contributed by atoms with Gasteiger partial charge in [-0.2, -0.15) is 13.2 Å². The Balaban J connectivity index is 1.77. The van der Waals surface area contributed by atoms with Crippen LogP contribution in [0.25, 0.3) is 0 Å². The molecule has 10 heteroatoms. The summed E-state index contributed by atoms with van der Waals surface area (Å²) in [7, 11) is 3.12. The molecule has 2 amide bonds. The number of methoxy groups -OCH3 is 2. The molecule has 0 saturated carbocycles. The predicted molar refractivity (Wildman–Crippen MR) is 141 cm³/mol. The Morgan fingerprint density at radius 3 is 2.21 bits per heavy atom. The topological polar surface area (TPSA) is 59.1 Å². The summed E-state index contributed by atoms with van der Waals surface area (Å²) in [5.41, 5.74) is 0.210. The lowest BCUT2D eigenvalue weighted by atomic mass is 10.1. The van der Waals surface area contributed by atoms with Gasteiger partial charge in [0.25, 0.3) is 5.91 Å². The van der Waals surface area contributed by atoms with Crippen molar-refractivity contribution in [2.24, 2.45) is 0 Å². The van der Waals surface area contributed by atoms with E-state index in [1.54, 1.807) is 33.0 Å². The van der Waals surface area contributed by atoms with Gasteiger partial charge in [-0.3, -0.25) is 9.59 Å². The highest BCUT2D eigenvalue weighted by molar-refractivity contribution is 7.09. The molecule has 0 N–H and O–H groups in total. The van der Waals surface area contributed by atoms with Gasteiger partial charge in [0.15, 0.2) is 11.5 Å². The van der Waals surface area contributed by atoms with Crippen LogP contribution in [0, 0.1) is 0 Å². The van der Waals surface area contributed by atoms with Crippen LogP contribution >= 0.6 is 11.3 Å². The Bertz CT molecular complexity index is 1210. The second-order valence-electron chi connectivity index (χ2n) is 8.94. The maximum Gasteiger partial charge on any atom is 0.416 e. The first-order valence-electron chi connectivity index (χ1n) is 12.0. The molecule has 1 aromatic heterocycles. The first kappa shape index (κ1) is 29.0. The van der Waals surface area contributed by atoms with Crippen LogP contribution in [0.2, 0.25) is 0 Å². The monoisotopic (exact) mass is 548 g/mol. The number of amides is 2. The van der Waals surface area contributed by atoms with E-state index in [0.717, 1.165) is 34.7 Å². The minimum Gasteiger partial charge on any atom is -0.493 e. The third kappa shape index (κ3) is 7.50. The highest BCUT2D eigenvalue weighted by Crippen LogP contribution is 2.30. The van der Waals surface area contributed by atoms with E-state index >= 15 is 0 Å². The molecule has 0 aliphatic carbocycles. The molecule has 0 aliphatic rings. The number of nitrogens with zero attached hydrogens (tertiary/aromatic N) is 2. The van der Waals surface area contributed by atoms with Crippen molar-refractivity contribution in [3.63, 3.8) is 0 Å². The standard InChI is InChI=1S/C28H31F3N2O4S/c1-19(2)33(27(35)21-8-10-22(11-9-21)28(29,30)31)18-26(34)32(17-23-6-5-15-38-23)14-13-20-7-12-24(36-3)25(16-20)37-4/h5-12,15-16,19H,13-14,17-18H2,1-4H3. The predicted octanol–water partition coefficient (Wildman–Crippen LogP) is 5.91. The molecular formula is C28H31F3N2O4S. The average Bonchev–Trinajstić information content (AvgIpc) is 3.41. The molecule has 0 radical (unpaired) electrons. The Labute approximate surface area is 224 Å². The fourth-order valence-electron chi connectivity index (χ4n) is 3.89. The van der Waals surface area contributed by atoms with Crippen LogP contribution in [0.3, 0.4) is 0 Å². The zero-order chi connectivity index (χ0) is 27.9. The zero-order valence-electron chi connectivity index (χ0n) is 21.7. The fraction of sp³-hybridized carbons (Fsp3) is 0.357. The summed E-state index contributed by atoms with van der Waals surface area (Å²) in [6, 6.07) is 13.1. The number of hydrogen-bond acceptors (Lipinski definition) is 5. The van der Waals surface area contributed by atoms with Crippen LogP contribution in [-0.2, 0) is 23.9 Å². The number of ether oxygens (including phenoxy) is 2. The Kier molecular flexibility index (Phi) is 9.79. The van der Waals surface area contributed by atoms with E-state index in [1.165, 1.54) is 16.2 Å². The van der Waals surface area contributed by atoms with Crippen molar-refractivity contribution in [2.45, 2.75) is 39.0 Å². The lowest BCUT2D eigenvalue weighted by Gasteiger charge is -2.30. The van der Waals surface area contributed by atoms with Gasteiger partial charge in [-0.25, -0.2) is 0 Å². The normalized spacial score (nSPS) is 11.4. The van der Waals surface area contributed by atoms with Gasteiger partial charge < -0.3 is 19.3 Å². The maximum atomic E-state index is 13.5. The number of halogens is 3. The van der Waals surface area contributed by atoms with Crippen molar-refractivity contribution in [3.05, 3.63) is 81.5 Å². The van der Waals surface area contributed by atoms with Gasteiger partial charge in [-0.1, -0.05) is 12.1 Å². The van der Waals surface area contributed by atoms with Crippen LogP contribution < -0.4 is 9.47 Å². The van der Waals surface area contributed by atoms with Gasteiger partial charge in [0.2, 0.25) is 5.91 Å². The number of alkyl halides is 3. The van der Waals surface area contributed by atoms with E-state index in [9.17, 15) is 22.8 Å². The van der Waals surface area contributed by atoms with Crippen molar-refractivity contribution < 1.29 is 32.2 Å². The number of hydrogen-bond donors (Lipinski definition) is 0. The average molecular weight is 549 g/mol. The quantitative estimate of drug-likeness (QED) is 0.299. The summed E-state index contributed by atoms with van der Waals surface area (Å²) in [4.78, 5) is 30.7. The number of carbonyl (C=O) groups excluding carboxylic acids is 2. The molecule has 1 heterocycles. The van der Waals surface area contributed by atoms with Gasteiger partial charge in [0.1, 0.15) is 6.54 Å². The lowest BCUT2D eigenvalue weighted by molar-refractivity contribution is -0.137. The summed E-state index contributed by atoms with van der Waals surface area (Å²) >= 11 is 1.53. The van der Waals surface area contributed by atoms with Gasteiger partial charge >= 0.3 is 6.18 Å². The molecule has 0 fully saturated rings. The Hall–Kier alpha value is -3.53. The molecule has 3 aromatic rings. The molecule has 0 spiro atoms. The van der Waals surface area contributed by atoms with Crippen molar-refractivity contribution in [1.29, 1.82) is 0 Å². The number of carbonyl (C=O) groups is 2. The molecule has 0 aliphatic heterocycles. The number of rotatable bonds is 11. The first-order chi connectivity index (χ1) is 18.0. The summed E-state index contributed by atoms with van der Waals surface area (Å²) in [6.07, 6.45) is -3.95. The molecular weight excluding hydrogens is 517 g/mol. The van der Waals surface area contributed by atoms with Crippen LogP contribution in [0.1, 0.15) is 40.2 Å². The van der Waals surface area contributed by atoms with E-state index in [4.69, 9.17) is 9.47 Å². The second kappa shape index (κ2) is 12.8. The highest BCUT2D eigenvalue weighted by Gasteiger charge is 2.31. The SMILES string of the molecule is COc1ccc(CCN(Cc2cccs2)C(=O)CN(C(=O)c2ccc(C(F)(F)F)cc2)C(C)C)cc1OC. The first-order valence-corrected chi connectivity index (χ1v) is 12.9. The fourth-order valence-corrected chi connectivity index (χ4v) is 4.60. The highest BCUT2D eigenvalue weighted by atomic mass is 32.1. The maximum absolute atomic E-state index is 13.5.